The number of aromatic nitrogens is 3. The number of aryl methyl sites for hydroxylation is 1. The van der Waals surface area contributed by atoms with E-state index in [1.54, 1.807) is 29.3 Å². The first kappa shape index (κ1) is 17.6. The molecule has 2 heterocycles. The van der Waals surface area contributed by atoms with Crippen molar-refractivity contribution in [2.75, 3.05) is 0 Å². The maximum atomic E-state index is 12.1. The summed E-state index contributed by atoms with van der Waals surface area (Å²) in [5, 5.41) is 16.1. The van der Waals surface area contributed by atoms with Crippen LogP contribution in [0.25, 0.3) is 17.2 Å². The summed E-state index contributed by atoms with van der Waals surface area (Å²) < 4.78 is 1.73. The van der Waals surface area contributed by atoms with Gasteiger partial charge in [-0.3, -0.25) is 14.5 Å². The fourth-order valence-electron chi connectivity index (χ4n) is 2.54. The Bertz CT molecular complexity index is 914. The lowest BCUT2D eigenvalue weighted by molar-refractivity contribution is -0.116. The molecule has 2 aromatic heterocycles. The molecule has 132 valence electrons. The van der Waals surface area contributed by atoms with E-state index in [0.717, 1.165) is 27.8 Å². The molecule has 3 aromatic rings. The molecule has 26 heavy (non-hydrogen) atoms. The van der Waals surface area contributed by atoms with Gasteiger partial charge in [0.1, 0.15) is 0 Å². The summed E-state index contributed by atoms with van der Waals surface area (Å²) in [5.74, 6) is -0.183. The second-order valence-electron chi connectivity index (χ2n) is 5.89. The standard InChI is InChI=1S/C20H20N4O2/c1-24-13-18(12-23-24)19-8-9-21-11-17(19)6-7-20(26)22-10-15-2-4-16(14-25)5-3-15/h2-9,11-13,25H,10,14H2,1H3,(H,22,26). The molecular weight excluding hydrogens is 328 g/mol. The number of hydrogen-bond acceptors (Lipinski definition) is 4. The molecule has 0 saturated carbocycles. The van der Waals surface area contributed by atoms with Crippen molar-refractivity contribution in [1.82, 2.24) is 20.1 Å². The van der Waals surface area contributed by atoms with Crippen LogP contribution in [-0.4, -0.2) is 25.8 Å². The predicted molar refractivity (Wildman–Crippen MR) is 99.7 cm³/mol. The topological polar surface area (TPSA) is 80.0 Å². The van der Waals surface area contributed by atoms with Gasteiger partial charge in [-0.05, 0) is 28.8 Å². The van der Waals surface area contributed by atoms with Gasteiger partial charge in [0.05, 0.1) is 12.8 Å². The third-order valence-corrected chi connectivity index (χ3v) is 3.95. The maximum Gasteiger partial charge on any atom is 0.244 e. The molecule has 6 heteroatoms. The molecule has 0 aliphatic rings. The SMILES string of the molecule is Cn1cc(-c2ccncc2C=CC(=O)NCc2ccc(CO)cc2)cn1. The molecule has 1 amide bonds. The predicted octanol–water partition coefficient (Wildman–Crippen LogP) is 2.30. The first-order chi connectivity index (χ1) is 12.7. The number of nitrogens with one attached hydrogen (secondary N) is 1. The number of carbonyl (C=O) groups is 1. The lowest BCUT2D eigenvalue weighted by Gasteiger charge is -2.05. The number of aliphatic hydroxyl groups is 1. The molecule has 3 rings (SSSR count). The summed E-state index contributed by atoms with van der Waals surface area (Å²) in [6.07, 6.45) is 10.4. The first-order valence-corrected chi connectivity index (χ1v) is 8.23. The normalized spacial score (nSPS) is 11.0. The lowest BCUT2D eigenvalue weighted by atomic mass is 10.0. The third-order valence-electron chi connectivity index (χ3n) is 3.95. The van der Waals surface area contributed by atoms with Crippen LogP contribution in [-0.2, 0) is 25.0 Å². The molecule has 0 bridgehead atoms. The molecule has 0 radical (unpaired) electrons. The molecule has 2 N–H and O–H groups in total. The summed E-state index contributed by atoms with van der Waals surface area (Å²) >= 11 is 0. The number of aliphatic hydroxyl groups excluding tert-OH is 1. The smallest absolute Gasteiger partial charge is 0.244 e. The second kappa shape index (κ2) is 8.22. The van der Waals surface area contributed by atoms with Crippen molar-refractivity contribution in [2.45, 2.75) is 13.2 Å². The van der Waals surface area contributed by atoms with Gasteiger partial charge in [-0.15, -0.1) is 0 Å². The van der Waals surface area contributed by atoms with Gasteiger partial charge in [-0.25, -0.2) is 0 Å². The van der Waals surface area contributed by atoms with E-state index >= 15 is 0 Å². The van der Waals surface area contributed by atoms with E-state index in [4.69, 9.17) is 5.11 Å². The average Bonchev–Trinajstić information content (AvgIpc) is 3.11. The van der Waals surface area contributed by atoms with E-state index < -0.39 is 0 Å². The fourth-order valence-corrected chi connectivity index (χ4v) is 2.54. The minimum Gasteiger partial charge on any atom is -0.392 e. The van der Waals surface area contributed by atoms with E-state index in [1.807, 2.05) is 43.6 Å². The van der Waals surface area contributed by atoms with Crippen molar-refractivity contribution in [3.63, 3.8) is 0 Å². The first-order valence-electron chi connectivity index (χ1n) is 8.23. The minimum atomic E-state index is -0.183. The molecule has 0 aliphatic heterocycles. The van der Waals surface area contributed by atoms with Gasteiger partial charge >= 0.3 is 0 Å². The Kier molecular flexibility index (Phi) is 5.56. The number of amides is 1. The fraction of sp³-hybridized carbons (Fsp3) is 0.150. The van der Waals surface area contributed by atoms with Crippen molar-refractivity contribution < 1.29 is 9.90 Å². The Morgan fingerprint density at radius 3 is 2.65 bits per heavy atom. The summed E-state index contributed by atoms with van der Waals surface area (Å²) in [6, 6.07) is 9.35. The zero-order chi connectivity index (χ0) is 18.4. The van der Waals surface area contributed by atoms with Crippen LogP contribution in [0.4, 0.5) is 0 Å². The van der Waals surface area contributed by atoms with Crippen LogP contribution in [0.5, 0.6) is 0 Å². The molecule has 0 fully saturated rings. The summed E-state index contributed by atoms with van der Waals surface area (Å²) in [4.78, 5) is 16.2. The van der Waals surface area contributed by atoms with Gasteiger partial charge < -0.3 is 10.4 Å². The van der Waals surface area contributed by atoms with Crippen molar-refractivity contribution in [1.29, 1.82) is 0 Å². The van der Waals surface area contributed by atoms with E-state index in [2.05, 4.69) is 15.4 Å². The quantitative estimate of drug-likeness (QED) is 0.670. The number of benzene rings is 1. The van der Waals surface area contributed by atoms with Crippen LogP contribution >= 0.6 is 0 Å². The van der Waals surface area contributed by atoms with E-state index in [9.17, 15) is 4.79 Å². The Labute approximate surface area is 151 Å². The second-order valence-corrected chi connectivity index (χ2v) is 5.89. The lowest BCUT2D eigenvalue weighted by Crippen LogP contribution is -2.20. The third kappa shape index (κ3) is 4.43. The van der Waals surface area contributed by atoms with Gasteiger partial charge in [-0.2, -0.15) is 5.10 Å². The van der Waals surface area contributed by atoms with Gasteiger partial charge in [-0.1, -0.05) is 24.3 Å². The van der Waals surface area contributed by atoms with Crippen LogP contribution in [0.1, 0.15) is 16.7 Å². The highest BCUT2D eigenvalue weighted by Gasteiger charge is 2.05. The summed E-state index contributed by atoms with van der Waals surface area (Å²) in [7, 11) is 1.86. The van der Waals surface area contributed by atoms with E-state index in [1.165, 1.54) is 6.08 Å². The van der Waals surface area contributed by atoms with Gasteiger partial charge in [0.25, 0.3) is 0 Å². The van der Waals surface area contributed by atoms with Crippen LogP contribution in [0.3, 0.4) is 0 Å². The Hall–Kier alpha value is -3.25. The highest BCUT2D eigenvalue weighted by molar-refractivity contribution is 5.92. The number of pyridine rings is 1. The number of carbonyl (C=O) groups excluding carboxylic acids is 1. The van der Waals surface area contributed by atoms with Crippen LogP contribution in [0.15, 0.2) is 61.2 Å². The number of rotatable bonds is 6. The molecule has 0 aliphatic carbocycles. The van der Waals surface area contributed by atoms with Crippen molar-refractivity contribution in [3.05, 3.63) is 77.9 Å². The maximum absolute atomic E-state index is 12.1. The highest BCUT2D eigenvalue weighted by atomic mass is 16.3. The van der Waals surface area contributed by atoms with Crippen LogP contribution in [0, 0.1) is 0 Å². The van der Waals surface area contributed by atoms with Crippen LogP contribution in [0.2, 0.25) is 0 Å². The highest BCUT2D eigenvalue weighted by Crippen LogP contribution is 2.23. The minimum absolute atomic E-state index is 0.0136. The largest absolute Gasteiger partial charge is 0.392 e. The zero-order valence-corrected chi connectivity index (χ0v) is 14.5. The molecule has 0 unspecified atom stereocenters. The summed E-state index contributed by atoms with van der Waals surface area (Å²) in [5.41, 5.74) is 4.61. The van der Waals surface area contributed by atoms with Crippen molar-refractivity contribution >= 4 is 12.0 Å². The monoisotopic (exact) mass is 348 g/mol. The summed E-state index contributed by atoms with van der Waals surface area (Å²) in [6.45, 7) is 0.442. The van der Waals surface area contributed by atoms with Gasteiger partial charge in [0.2, 0.25) is 5.91 Å². The van der Waals surface area contributed by atoms with E-state index in [0.29, 0.717) is 6.54 Å². The van der Waals surface area contributed by atoms with Crippen molar-refractivity contribution in [3.8, 4) is 11.1 Å². The molecule has 6 nitrogen and oxygen atoms in total. The number of hydrogen-bond donors (Lipinski definition) is 2. The van der Waals surface area contributed by atoms with Crippen LogP contribution < -0.4 is 5.32 Å². The molecular formula is C20H20N4O2. The zero-order valence-electron chi connectivity index (χ0n) is 14.5. The Morgan fingerprint density at radius 1 is 1.19 bits per heavy atom. The average molecular weight is 348 g/mol. The Morgan fingerprint density at radius 2 is 1.96 bits per heavy atom. The van der Waals surface area contributed by atoms with Gasteiger partial charge in [0.15, 0.2) is 0 Å². The number of nitrogens with zero attached hydrogens (tertiary/aromatic N) is 3. The molecule has 1 aromatic carbocycles. The Balaban J connectivity index is 1.65. The molecule has 0 atom stereocenters. The van der Waals surface area contributed by atoms with E-state index in [-0.39, 0.29) is 12.5 Å². The van der Waals surface area contributed by atoms with Crippen molar-refractivity contribution in [2.24, 2.45) is 7.05 Å². The van der Waals surface area contributed by atoms with Gasteiger partial charge in [0, 0.05) is 49.4 Å². The molecule has 0 spiro atoms. The molecule has 0 saturated heterocycles.